The number of thiocarbonyl (C=S) groups is 1. The minimum Gasteiger partial charge on any atom is -0.478 e. The maximum atomic E-state index is 11.0. The van der Waals surface area contributed by atoms with Crippen LogP contribution in [0.3, 0.4) is 0 Å². The molecule has 0 heterocycles. The fourth-order valence-corrected chi connectivity index (χ4v) is 2.41. The highest BCUT2D eigenvalue weighted by Gasteiger charge is 2.07. The van der Waals surface area contributed by atoms with Crippen molar-refractivity contribution in [1.29, 1.82) is 0 Å². The van der Waals surface area contributed by atoms with Gasteiger partial charge in [-0.2, -0.15) is 0 Å². The molecule has 0 bridgehead atoms. The zero-order chi connectivity index (χ0) is 16.7. The van der Waals surface area contributed by atoms with Crippen molar-refractivity contribution in [2.75, 3.05) is 11.9 Å². The minimum absolute atomic E-state index is 0.241. The van der Waals surface area contributed by atoms with Crippen LogP contribution in [0.2, 0.25) is 0 Å². The van der Waals surface area contributed by atoms with Gasteiger partial charge in [-0.05, 0) is 55.2 Å². The molecule has 0 aliphatic carbocycles. The Hall–Kier alpha value is -2.40. The summed E-state index contributed by atoms with van der Waals surface area (Å²) in [4.78, 5) is 11.0. The highest BCUT2D eigenvalue weighted by atomic mass is 32.1. The van der Waals surface area contributed by atoms with E-state index in [0.29, 0.717) is 10.8 Å². The highest BCUT2D eigenvalue weighted by Crippen LogP contribution is 2.16. The number of rotatable bonds is 6. The number of carboxylic acids is 1. The van der Waals surface area contributed by atoms with E-state index in [-0.39, 0.29) is 5.56 Å². The third kappa shape index (κ3) is 5.38. The zero-order valence-electron chi connectivity index (χ0n) is 13.0. The standard InChI is InChI=1S/C18H20N2O2S/c1-13-9-10-15(17(21)22)12-16(13)20-18(23)19-11-5-8-14-6-3-2-4-7-14/h2-4,6-7,9-10,12H,5,8,11H2,1H3,(H,21,22)(H2,19,20,23). The second kappa shape index (κ2) is 8.29. The molecule has 4 nitrogen and oxygen atoms in total. The van der Waals surface area contributed by atoms with Crippen molar-refractivity contribution in [2.45, 2.75) is 19.8 Å². The molecule has 0 aromatic heterocycles. The Balaban J connectivity index is 1.81. The smallest absolute Gasteiger partial charge is 0.335 e. The summed E-state index contributed by atoms with van der Waals surface area (Å²) in [6.07, 6.45) is 1.96. The van der Waals surface area contributed by atoms with E-state index in [2.05, 4.69) is 22.8 Å². The summed E-state index contributed by atoms with van der Waals surface area (Å²) in [7, 11) is 0. The van der Waals surface area contributed by atoms with Gasteiger partial charge in [-0.25, -0.2) is 4.79 Å². The van der Waals surface area contributed by atoms with Crippen LogP contribution in [0, 0.1) is 6.92 Å². The van der Waals surface area contributed by atoms with Gasteiger partial charge in [-0.3, -0.25) is 0 Å². The first kappa shape index (κ1) is 17.0. The molecule has 2 aromatic carbocycles. The first-order chi connectivity index (χ1) is 11.1. The number of nitrogens with one attached hydrogen (secondary N) is 2. The Morgan fingerprint density at radius 3 is 2.61 bits per heavy atom. The average Bonchev–Trinajstić information content (AvgIpc) is 2.54. The summed E-state index contributed by atoms with van der Waals surface area (Å²) in [6, 6.07) is 15.2. The van der Waals surface area contributed by atoms with Gasteiger partial charge < -0.3 is 15.7 Å². The van der Waals surface area contributed by atoms with E-state index >= 15 is 0 Å². The van der Waals surface area contributed by atoms with Crippen LogP contribution in [0.15, 0.2) is 48.5 Å². The normalized spacial score (nSPS) is 10.1. The van der Waals surface area contributed by atoms with Gasteiger partial charge in [0.2, 0.25) is 0 Å². The van der Waals surface area contributed by atoms with Gasteiger partial charge in [0, 0.05) is 12.2 Å². The van der Waals surface area contributed by atoms with Crippen LogP contribution >= 0.6 is 12.2 Å². The Labute approximate surface area is 141 Å². The Morgan fingerprint density at radius 1 is 1.17 bits per heavy atom. The number of carboxylic acid groups (broad SMARTS) is 1. The molecule has 5 heteroatoms. The number of aryl methyl sites for hydroxylation is 2. The second-order valence-electron chi connectivity index (χ2n) is 5.30. The summed E-state index contributed by atoms with van der Waals surface area (Å²) in [5.41, 5.74) is 3.21. The van der Waals surface area contributed by atoms with E-state index < -0.39 is 5.97 Å². The molecule has 3 N–H and O–H groups in total. The molecule has 0 aliphatic rings. The quantitative estimate of drug-likeness (QED) is 0.558. The summed E-state index contributed by atoms with van der Waals surface area (Å²) < 4.78 is 0. The molecule has 0 saturated heterocycles. The molecule has 0 saturated carbocycles. The molecule has 0 unspecified atom stereocenters. The van der Waals surface area contributed by atoms with Crippen LogP contribution in [0.1, 0.15) is 27.9 Å². The molecule has 0 spiro atoms. The number of carbonyl (C=O) groups is 1. The maximum absolute atomic E-state index is 11.0. The number of aromatic carboxylic acids is 1. The van der Waals surface area contributed by atoms with E-state index in [1.165, 1.54) is 5.56 Å². The van der Waals surface area contributed by atoms with Crippen molar-refractivity contribution >= 4 is 29.0 Å². The van der Waals surface area contributed by atoms with Crippen LogP contribution in [0.4, 0.5) is 5.69 Å². The van der Waals surface area contributed by atoms with E-state index in [0.717, 1.165) is 24.9 Å². The van der Waals surface area contributed by atoms with Gasteiger partial charge in [0.25, 0.3) is 0 Å². The predicted molar refractivity (Wildman–Crippen MR) is 97.1 cm³/mol. The van der Waals surface area contributed by atoms with Gasteiger partial charge in [0.05, 0.1) is 5.56 Å². The molecule has 0 fully saturated rings. The summed E-state index contributed by atoms with van der Waals surface area (Å²) in [5, 5.41) is 15.8. The molecule has 0 amide bonds. The van der Waals surface area contributed by atoms with Crippen LogP contribution in [0.25, 0.3) is 0 Å². The van der Waals surface area contributed by atoms with Gasteiger partial charge >= 0.3 is 5.97 Å². The molecule has 0 atom stereocenters. The lowest BCUT2D eigenvalue weighted by Gasteiger charge is -2.13. The van der Waals surface area contributed by atoms with Crippen LogP contribution in [-0.2, 0) is 6.42 Å². The molecule has 0 aliphatic heterocycles. The summed E-state index contributed by atoms with van der Waals surface area (Å²) in [5.74, 6) is -0.949. The summed E-state index contributed by atoms with van der Waals surface area (Å²) >= 11 is 5.27. The highest BCUT2D eigenvalue weighted by molar-refractivity contribution is 7.80. The number of benzene rings is 2. The van der Waals surface area contributed by atoms with Crippen molar-refractivity contribution in [3.63, 3.8) is 0 Å². The maximum Gasteiger partial charge on any atom is 0.335 e. The van der Waals surface area contributed by atoms with Gasteiger partial charge in [0.15, 0.2) is 5.11 Å². The largest absolute Gasteiger partial charge is 0.478 e. The van der Waals surface area contributed by atoms with E-state index in [1.54, 1.807) is 18.2 Å². The number of hydrogen-bond acceptors (Lipinski definition) is 2. The molecule has 120 valence electrons. The Kier molecular flexibility index (Phi) is 6.11. The first-order valence-corrected chi connectivity index (χ1v) is 7.90. The number of anilines is 1. The second-order valence-corrected chi connectivity index (χ2v) is 5.71. The van der Waals surface area contributed by atoms with Gasteiger partial charge in [-0.15, -0.1) is 0 Å². The third-order valence-electron chi connectivity index (χ3n) is 3.50. The SMILES string of the molecule is Cc1ccc(C(=O)O)cc1NC(=S)NCCCc1ccccc1. The van der Waals surface area contributed by atoms with Crippen molar-refractivity contribution in [3.8, 4) is 0 Å². The Morgan fingerprint density at radius 2 is 1.91 bits per heavy atom. The predicted octanol–water partition coefficient (Wildman–Crippen LogP) is 3.61. The zero-order valence-corrected chi connectivity index (χ0v) is 13.8. The third-order valence-corrected chi connectivity index (χ3v) is 3.75. The molecule has 2 aromatic rings. The number of hydrogen-bond donors (Lipinski definition) is 3. The van der Waals surface area contributed by atoms with E-state index in [1.807, 2.05) is 25.1 Å². The molecule has 2 rings (SSSR count). The topological polar surface area (TPSA) is 61.4 Å². The monoisotopic (exact) mass is 328 g/mol. The van der Waals surface area contributed by atoms with E-state index in [4.69, 9.17) is 17.3 Å². The average molecular weight is 328 g/mol. The van der Waals surface area contributed by atoms with Crippen molar-refractivity contribution < 1.29 is 9.90 Å². The molecular formula is C18H20N2O2S. The first-order valence-electron chi connectivity index (χ1n) is 7.49. The van der Waals surface area contributed by atoms with Crippen molar-refractivity contribution in [3.05, 3.63) is 65.2 Å². The van der Waals surface area contributed by atoms with Gasteiger partial charge in [0.1, 0.15) is 0 Å². The summed E-state index contributed by atoms with van der Waals surface area (Å²) in [6.45, 7) is 2.67. The van der Waals surface area contributed by atoms with E-state index in [9.17, 15) is 4.79 Å². The van der Waals surface area contributed by atoms with Gasteiger partial charge in [-0.1, -0.05) is 36.4 Å². The fourth-order valence-electron chi connectivity index (χ4n) is 2.20. The fraction of sp³-hybridized carbons (Fsp3) is 0.222. The van der Waals surface area contributed by atoms with Crippen LogP contribution in [-0.4, -0.2) is 22.7 Å². The lowest BCUT2D eigenvalue weighted by molar-refractivity contribution is 0.0697. The lowest BCUT2D eigenvalue weighted by atomic mass is 10.1. The molecular weight excluding hydrogens is 308 g/mol. The van der Waals surface area contributed by atoms with Crippen molar-refractivity contribution in [1.82, 2.24) is 5.32 Å². The molecule has 23 heavy (non-hydrogen) atoms. The molecule has 0 radical (unpaired) electrons. The van der Waals surface area contributed by atoms with Crippen LogP contribution < -0.4 is 10.6 Å². The van der Waals surface area contributed by atoms with Crippen molar-refractivity contribution in [2.24, 2.45) is 0 Å². The van der Waals surface area contributed by atoms with Crippen LogP contribution in [0.5, 0.6) is 0 Å². The minimum atomic E-state index is -0.949. The lowest BCUT2D eigenvalue weighted by Crippen LogP contribution is -2.29. The Bertz CT molecular complexity index is 687.